The number of nitrogens with zero attached hydrogens (tertiary/aromatic N) is 4. The van der Waals surface area contributed by atoms with Crippen molar-refractivity contribution < 1.29 is 5.11 Å². The number of hydrogen-bond donors (Lipinski definition) is 2. The van der Waals surface area contributed by atoms with Crippen LogP contribution in [-0.2, 0) is 13.0 Å². The first kappa shape index (κ1) is 15.9. The summed E-state index contributed by atoms with van der Waals surface area (Å²) >= 11 is 1.66. The fourth-order valence-electron chi connectivity index (χ4n) is 2.58. The Bertz CT molecular complexity index is 808. The molecule has 0 aliphatic rings. The summed E-state index contributed by atoms with van der Waals surface area (Å²) in [5, 5.41) is 19.8. The van der Waals surface area contributed by atoms with E-state index in [1.54, 1.807) is 22.2 Å². The molecule has 7 heteroatoms. The number of thiophene rings is 1. The number of anilines is 2. The van der Waals surface area contributed by atoms with Gasteiger partial charge in [-0.3, -0.25) is 4.68 Å². The van der Waals surface area contributed by atoms with E-state index in [-0.39, 0.29) is 6.61 Å². The number of nitrogens with one attached hydrogen (secondary N) is 1. The Balaban J connectivity index is 1.98. The molecule has 0 spiro atoms. The lowest BCUT2D eigenvalue weighted by atomic mass is 10.0. The number of aliphatic hydroxyl groups excluding tert-OH is 1. The molecule has 0 saturated carbocycles. The van der Waals surface area contributed by atoms with E-state index in [1.807, 2.05) is 13.1 Å². The molecule has 0 aliphatic carbocycles. The Morgan fingerprint density at radius 2 is 2.17 bits per heavy atom. The van der Waals surface area contributed by atoms with Crippen LogP contribution in [0.25, 0.3) is 10.2 Å². The summed E-state index contributed by atoms with van der Waals surface area (Å²) in [4.78, 5) is 10.2. The standard InChI is InChI=1S/C16H21N5OS/c1-10(2)6-12-9-23-16-14(12)15(18-11(3)19-16)20-13-7-17-21(8-13)4-5-22/h7-10,22H,4-6H2,1-3H3,(H,18,19,20). The maximum Gasteiger partial charge on any atom is 0.143 e. The molecule has 0 bridgehead atoms. The predicted octanol–water partition coefficient (Wildman–Crippen LogP) is 3.13. The summed E-state index contributed by atoms with van der Waals surface area (Å²) < 4.78 is 1.70. The molecule has 3 heterocycles. The summed E-state index contributed by atoms with van der Waals surface area (Å²) in [7, 11) is 0. The Morgan fingerprint density at radius 3 is 2.91 bits per heavy atom. The molecule has 0 atom stereocenters. The van der Waals surface area contributed by atoms with Crippen molar-refractivity contribution in [1.29, 1.82) is 0 Å². The number of aliphatic hydroxyl groups is 1. The van der Waals surface area contributed by atoms with Crippen molar-refractivity contribution >= 4 is 33.1 Å². The summed E-state index contributed by atoms with van der Waals surface area (Å²) in [5.41, 5.74) is 2.14. The molecule has 6 nitrogen and oxygen atoms in total. The molecule has 3 aromatic rings. The van der Waals surface area contributed by atoms with Gasteiger partial charge in [-0.25, -0.2) is 9.97 Å². The van der Waals surface area contributed by atoms with E-state index in [0.717, 1.165) is 34.0 Å². The first-order valence-corrected chi connectivity index (χ1v) is 8.60. The fourth-order valence-corrected chi connectivity index (χ4v) is 3.58. The molecule has 2 N–H and O–H groups in total. The third-order valence-corrected chi connectivity index (χ3v) is 4.40. The monoisotopic (exact) mass is 331 g/mol. The number of aryl methyl sites for hydroxylation is 1. The maximum absolute atomic E-state index is 8.99. The van der Waals surface area contributed by atoms with Crippen LogP contribution in [0.3, 0.4) is 0 Å². The van der Waals surface area contributed by atoms with Crippen LogP contribution in [0.15, 0.2) is 17.8 Å². The van der Waals surface area contributed by atoms with Gasteiger partial charge >= 0.3 is 0 Å². The molecule has 0 saturated heterocycles. The van der Waals surface area contributed by atoms with Gasteiger partial charge in [-0.15, -0.1) is 11.3 Å². The molecule has 0 unspecified atom stereocenters. The van der Waals surface area contributed by atoms with Gasteiger partial charge in [0, 0.05) is 6.20 Å². The highest BCUT2D eigenvalue weighted by atomic mass is 32.1. The Morgan fingerprint density at radius 1 is 1.35 bits per heavy atom. The smallest absolute Gasteiger partial charge is 0.143 e. The van der Waals surface area contributed by atoms with Crippen LogP contribution >= 0.6 is 11.3 Å². The number of fused-ring (bicyclic) bond motifs is 1. The molecule has 3 aromatic heterocycles. The highest BCUT2D eigenvalue weighted by molar-refractivity contribution is 7.17. The average molecular weight is 331 g/mol. The molecule has 0 aromatic carbocycles. The molecule has 3 rings (SSSR count). The van der Waals surface area contributed by atoms with Gasteiger partial charge in [0.1, 0.15) is 16.5 Å². The maximum atomic E-state index is 8.99. The van der Waals surface area contributed by atoms with Crippen LogP contribution < -0.4 is 5.32 Å². The zero-order valence-corrected chi connectivity index (χ0v) is 14.4. The highest BCUT2D eigenvalue weighted by Crippen LogP contribution is 2.33. The first-order valence-electron chi connectivity index (χ1n) is 7.72. The molecule has 122 valence electrons. The van der Waals surface area contributed by atoms with E-state index >= 15 is 0 Å². The second kappa shape index (κ2) is 6.64. The predicted molar refractivity (Wildman–Crippen MR) is 93.3 cm³/mol. The summed E-state index contributed by atoms with van der Waals surface area (Å²) in [6.07, 6.45) is 4.62. The zero-order chi connectivity index (χ0) is 16.4. The van der Waals surface area contributed by atoms with Crippen LogP contribution in [0.4, 0.5) is 11.5 Å². The van der Waals surface area contributed by atoms with Gasteiger partial charge in [-0.2, -0.15) is 5.10 Å². The quantitative estimate of drug-likeness (QED) is 0.726. The largest absolute Gasteiger partial charge is 0.394 e. The van der Waals surface area contributed by atoms with Gasteiger partial charge in [-0.1, -0.05) is 13.8 Å². The lowest BCUT2D eigenvalue weighted by Crippen LogP contribution is -2.02. The van der Waals surface area contributed by atoms with Crippen LogP contribution in [0, 0.1) is 12.8 Å². The molecule has 0 radical (unpaired) electrons. The van der Waals surface area contributed by atoms with Gasteiger partial charge in [0.2, 0.25) is 0 Å². The SMILES string of the molecule is Cc1nc(Nc2cnn(CCO)c2)c2c(CC(C)C)csc2n1. The van der Waals surface area contributed by atoms with Crippen molar-refractivity contribution in [3.05, 3.63) is 29.2 Å². The molecule has 0 amide bonds. The average Bonchev–Trinajstić information content (AvgIpc) is 3.06. The molecule has 0 aliphatic heterocycles. The highest BCUT2D eigenvalue weighted by Gasteiger charge is 2.14. The van der Waals surface area contributed by atoms with E-state index in [2.05, 4.69) is 39.6 Å². The number of rotatable bonds is 6. The summed E-state index contributed by atoms with van der Waals surface area (Å²) in [6, 6.07) is 0. The normalized spacial score (nSPS) is 11.5. The zero-order valence-electron chi connectivity index (χ0n) is 13.6. The third kappa shape index (κ3) is 3.51. The van der Waals surface area contributed by atoms with Crippen molar-refractivity contribution in [2.24, 2.45) is 5.92 Å². The van der Waals surface area contributed by atoms with Gasteiger partial charge in [-0.05, 0) is 30.2 Å². The second-order valence-corrected chi connectivity index (χ2v) is 6.86. The fraction of sp³-hybridized carbons (Fsp3) is 0.438. The van der Waals surface area contributed by atoms with Crippen molar-refractivity contribution in [2.45, 2.75) is 33.7 Å². The van der Waals surface area contributed by atoms with Crippen molar-refractivity contribution in [3.8, 4) is 0 Å². The van der Waals surface area contributed by atoms with Crippen molar-refractivity contribution in [2.75, 3.05) is 11.9 Å². The third-order valence-electron chi connectivity index (χ3n) is 3.47. The van der Waals surface area contributed by atoms with Gasteiger partial charge in [0.25, 0.3) is 0 Å². The Kier molecular flexibility index (Phi) is 4.58. The lowest BCUT2D eigenvalue weighted by Gasteiger charge is -2.09. The van der Waals surface area contributed by atoms with Crippen LogP contribution in [0.5, 0.6) is 0 Å². The van der Waals surface area contributed by atoms with E-state index in [0.29, 0.717) is 12.5 Å². The van der Waals surface area contributed by atoms with Gasteiger partial charge in [0.05, 0.1) is 30.4 Å². The van der Waals surface area contributed by atoms with Crippen LogP contribution in [0.1, 0.15) is 25.2 Å². The minimum absolute atomic E-state index is 0.0705. The van der Waals surface area contributed by atoms with Gasteiger partial charge in [0.15, 0.2) is 0 Å². The van der Waals surface area contributed by atoms with Crippen LogP contribution in [0.2, 0.25) is 0 Å². The van der Waals surface area contributed by atoms with Gasteiger partial charge < -0.3 is 10.4 Å². The molecular weight excluding hydrogens is 310 g/mol. The van der Waals surface area contributed by atoms with E-state index < -0.39 is 0 Å². The topological polar surface area (TPSA) is 75.9 Å². The second-order valence-electron chi connectivity index (χ2n) is 6.00. The number of aromatic nitrogens is 4. The van der Waals surface area contributed by atoms with E-state index in [4.69, 9.17) is 5.11 Å². The first-order chi connectivity index (χ1) is 11.1. The molecule has 0 fully saturated rings. The molecular formula is C16H21N5OS. The van der Waals surface area contributed by atoms with Crippen molar-refractivity contribution in [1.82, 2.24) is 19.7 Å². The Hall–Kier alpha value is -1.99. The number of hydrogen-bond acceptors (Lipinski definition) is 6. The molecule has 23 heavy (non-hydrogen) atoms. The minimum Gasteiger partial charge on any atom is -0.394 e. The van der Waals surface area contributed by atoms with Crippen LogP contribution in [-0.4, -0.2) is 31.5 Å². The summed E-state index contributed by atoms with van der Waals surface area (Å²) in [5.74, 6) is 2.16. The summed E-state index contributed by atoms with van der Waals surface area (Å²) in [6.45, 7) is 6.88. The lowest BCUT2D eigenvalue weighted by molar-refractivity contribution is 0.269. The Labute approximate surface area is 139 Å². The minimum atomic E-state index is 0.0705. The van der Waals surface area contributed by atoms with E-state index in [9.17, 15) is 0 Å². The van der Waals surface area contributed by atoms with Crippen molar-refractivity contribution in [3.63, 3.8) is 0 Å². The van der Waals surface area contributed by atoms with E-state index in [1.165, 1.54) is 5.56 Å².